The normalized spacial score (nSPS) is 10.9. The Balaban J connectivity index is 1.50. The molecule has 0 fully saturated rings. The summed E-state index contributed by atoms with van der Waals surface area (Å²) in [7, 11) is 0. The van der Waals surface area contributed by atoms with E-state index >= 15 is 0 Å². The van der Waals surface area contributed by atoms with Gasteiger partial charge in [0, 0.05) is 29.1 Å². The number of hydrogen-bond donors (Lipinski definition) is 0. The number of pyridine rings is 1. The highest BCUT2D eigenvalue weighted by Crippen LogP contribution is 2.33. The van der Waals surface area contributed by atoms with Gasteiger partial charge < -0.3 is 0 Å². The van der Waals surface area contributed by atoms with Gasteiger partial charge in [-0.2, -0.15) is 0 Å². The second-order valence-corrected chi connectivity index (χ2v) is 9.38. The number of aromatic nitrogens is 2. The Morgan fingerprint density at radius 3 is 2.26 bits per heavy atom. The maximum Gasteiger partial charge on any atom is 0.260 e. The summed E-state index contributed by atoms with van der Waals surface area (Å²) in [6, 6.07) is 23.9. The molecule has 0 radical (unpaired) electrons. The molecule has 5 nitrogen and oxygen atoms in total. The number of hydrogen-bond acceptors (Lipinski definition) is 5. The van der Waals surface area contributed by atoms with Gasteiger partial charge in [0.2, 0.25) is 0 Å². The van der Waals surface area contributed by atoms with Crippen molar-refractivity contribution in [3.8, 4) is 0 Å². The first-order valence-corrected chi connectivity index (χ1v) is 12.1. The van der Waals surface area contributed by atoms with Crippen molar-refractivity contribution in [2.24, 2.45) is 0 Å². The van der Waals surface area contributed by atoms with Crippen molar-refractivity contribution in [1.29, 1.82) is 0 Å². The van der Waals surface area contributed by atoms with Gasteiger partial charge in [-0.3, -0.25) is 19.5 Å². The van der Waals surface area contributed by atoms with Gasteiger partial charge in [-0.25, -0.2) is 4.98 Å². The number of fused-ring (bicyclic) bond motifs is 1. The molecule has 0 aliphatic heterocycles. The largest absolute Gasteiger partial charge is 0.289 e. The van der Waals surface area contributed by atoms with Gasteiger partial charge in [-0.05, 0) is 54.8 Å². The van der Waals surface area contributed by atoms with Crippen LogP contribution in [0.25, 0.3) is 10.2 Å². The van der Waals surface area contributed by atoms with Crippen LogP contribution in [0.15, 0.2) is 91.3 Å². The van der Waals surface area contributed by atoms with Crippen molar-refractivity contribution in [2.75, 3.05) is 4.90 Å². The molecule has 3 aromatic carbocycles. The molecule has 172 valence electrons. The quantitative estimate of drug-likeness (QED) is 0.266. The Kier molecular flexibility index (Phi) is 6.21. The Morgan fingerprint density at radius 1 is 0.829 bits per heavy atom. The number of anilines is 1. The zero-order chi connectivity index (χ0) is 24.4. The number of thiazole rings is 1. The number of amides is 1. The van der Waals surface area contributed by atoms with Crippen LogP contribution in [0.5, 0.6) is 0 Å². The Morgan fingerprint density at radius 2 is 1.54 bits per heavy atom. The molecule has 0 saturated heterocycles. The number of nitrogens with zero attached hydrogens (tertiary/aromatic N) is 3. The molecule has 1 amide bonds. The van der Waals surface area contributed by atoms with Crippen molar-refractivity contribution < 1.29 is 9.59 Å². The standard InChI is InChI=1S/C29H23N3O2S/c1-19-10-15-25-26(20(19)2)31-29(35-25)32(18-21-7-6-16-30-17-21)28(34)24-13-11-23(12-14-24)27(33)22-8-4-3-5-9-22/h3-17H,18H2,1-2H3. The molecule has 35 heavy (non-hydrogen) atoms. The van der Waals surface area contributed by atoms with Crippen LogP contribution in [0, 0.1) is 13.8 Å². The van der Waals surface area contributed by atoms with Crippen LogP contribution in [0.4, 0.5) is 5.13 Å². The third kappa shape index (κ3) is 4.61. The van der Waals surface area contributed by atoms with Crippen molar-refractivity contribution in [2.45, 2.75) is 20.4 Å². The van der Waals surface area contributed by atoms with Crippen molar-refractivity contribution in [3.05, 3.63) is 125 Å². The maximum atomic E-state index is 13.7. The van der Waals surface area contributed by atoms with Gasteiger partial charge in [-0.15, -0.1) is 0 Å². The van der Waals surface area contributed by atoms with Crippen LogP contribution in [0.1, 0.15) is 43.0 Å². The zero-order valence-electron chi connectivity index (χ0n) is 19.4. The van der Waals surface area contributed by atoms with Crippen LogP contribution >= 0.6 is 11.3 Å². The van der Waals surface area contributed by atoms with Crippen LogP contribution < -0.4 is 4.90 Å². The first-order valence-electron chi connectivity index (χ1n) is 11.3. The van der Waals surface area contributed by atoms with E-state index in [9.17, 15) is 9.59 Å². The fourth-order valence-electron chi connectivity index (χ4n) is 3.91. The van der Waals surface area contributed by atoms with Crippen molar-refractivity contribution in [3.63, 3.8) is 0 Å². The lowest BCUT2D eigenvalue weighted by molar-refractivity contribution is 0.0982. The van der Waals surface area contributed by atoms with Crippen LogP contribution in [0.2, 0.25) is 0 Å². The van der Waals surface area contributed by atoms with Crippen molar-refractivity contribution in [1.82, 2.24) is 9.97 Å². The third-order valence-electron chi connectivity index (χ3n) is 6.04. The Labute approximate surface area is 207 Å². The van der Waals surface area contributed by atoms with Crippen LogP contribution in [-0.2, 0) is 6.54 Å². The molecule has 5 aromatic rings. The average molecular weight is 478 g/mol. The maximum absolute atomic E-state index is 13.7. The molecule has 0 N–H and O–H groups in total. The predicted molar refractivity (Wildman–Crippen MR) is 140 cm³/mol. The minimum atomic E-state index is -0.180. The molecule has 2 heterocycles. The summed E-state index contributed by atoms with van der Waals surface area (Å²) in [5, 5.41) is 0.631. The fourth-order valence-corrected chi connectivity index (χ4v) is 4.93. The minimum Gasteiger partial charge on any atom is -0.289 e. The summed E-state index contributed by atoms with van der Waals surface area (Å²) in [4.78, 5) is 37.2. The van der Waals surface area contributed by atoms with Gasteiger partial charge >= 0.3 is 0 Å². The SMILES string of the molecule is Cc1ccc2sc(N(Cc3cccnc3)C(=O)c3ccc(C(=O)c4ccccc4)cc3)nc2c1C. The zero-order valence-corrected chi connectivity index (χ0v) is 20.3. The first-order chi connectivity index (χ1) is 17.0. The molecule has 0 atom stereocenters. The van der Waals surface area contributed by atoms with Gasteiger partial charge in [0.15, 0.2) is 10.9 Å². The topological polar surface area (TPSA) is 63.2 Å². The second kappa shape index (κ2) is 9.60. The van der Waals surface area contributed by atoms with E-state index in [2.05, 4.69) is 31.0 Å². The van der Waals surface area contributed by atoms with Crippen LogP contribution in [0.3, 0.4) is 0 Å². The molecule has 0 unspecified atom stereocenters. The Hall–Kier alpha value is -4.16. The fraction of sp³-hybridized carbons (Fsp3) is 0.103. The summed E-state index contributed by atoms with van der Waals surface area (Å²) >= 11 is 1.50. The highest BCUT2D eigenvalue weighted by molar-refractivity contribution is 7.22. The molecule has 5 rings (SSSR count). The Bertz CT molecular complexity index is 1510. The molecule has 0 bridgehead atoms. The number of rotatable bonds is 6. The van der Waals surface area contributed by atoms with Gasteiger partial charge in [0.25, 0.3) is 5.91 Å². The molecule has 2 aromatic heterocycles. The molecular formula is C29H23N3O2S. The van der Waals surface area contributed by atoms with E-state index in [-0.39, 0.29) is 11.7 Å². The summed E-state index contributed by atoms with van der Waals surface area (Å²) < 4.78 is 1.04. The molecule has 0 aliphatic carbocycles. The molecule has 0 spiro atoms. The van der Waals surface area contributed by atoms with E-state index in [1.807, 2.05) is 30.3 Å². The molecular weight excluding hydrogens is 454 g/mol. The number of ketones is 1. The van der Waals surface area contributed by atoms with E-state index < -0.39 is 0 Å². The number of carbonyl (C=O) groups is 2. The monoisotopic (exact) mass is 477 g/mol. The molecule has 6 heteroatoms. The van der Waals surface area contributed by atoms with E-state index in [1.54, 1.807) is 53.7 Å². The highest BCUT2D eigenvalue weighted by atomic mass is 32.1. The van der Waals surface area contributed by atoms with E-state index in [0.29, 0.717) is 28.4 Å². The number of carbonyl (C=O) groups excluding carboxylic acids is 2. The average Bonchev–Trinajstić information content (AvgIpc) is 3.35. The minimum absolute atomic E-state index is 0.0752. The first kappa shape index (κ1) is 22.6. The van der Waals surface area contributed by atoms with Gasteiger partial charge in [0.05, 0.1) is 16.8 Å². The van der Waals surface area contributed by atoms with Crippen LogP contribution in [-0.4, -0.2) is 21.7 Å². The van der Waals surface area contributed by atoms with Gasteiger partial charge in [0.1, 0.15) is 0 Å². The second-order valence-electron chi connectivity index (χ2n) is 8.38. The lowest BCUT2D eigenvalue weighted by Gasteiger charge is -2.20. The summed E-state index contributed by atoms with van der Waals surface area (Å²) in [5.74, 6) is -0.255. The molecule has 0 aliphatic rings. The molecule has 0 saturated carbocycles. The predicted octanol–water partition coefficient (Wildman–Crippen LogP) is 6.39. The lowest BCUT2D eigenvalue weighted by Crippen LogP contribution is -2.30. The van der Waals surface area contributed by atoms with E-state index in [1.165, 1.54) is 11.3 Å². The summed E-state index contributed by atoms with van der Waals surface area (Å²) in [5.41, 5.74) is 5.75. The highest BCUT2D eigenvalue weighted by Gasteiger charge is 2.23. The van der Waals surface area contributed by atoms with E-state index in [4.69, 9.17) is 4.98 Å². The number of aryl methyl sites for hydroxylation is 2. The van der Waals surface area contributed by atoms with E-state index in [0.717, 1.165) is 26.9 Å². The van der Waals surface area contributed by atoms with Gasteiger partial charge in [-0.1, -0.05) is 65.9 Å². The third-order valence-corrected chi connectivity index (χ3v) is 7.09. The lowest BCUT2D eigenvalue weighted by atomic mass is 10.0. The van der Waals surface area contributed by atoms with Crippen molar-refractivity contribution >= 4 is 38.4 Å². The summed E-state index contributed by atoms with van der Waals surface area (Å²) in [6.07, 6.45) is 3.46. The summed E-state index contributed by atoms with van der Waals surface area (Å²) in [6.45, 7) is 4.46. The smallest absolute Gasteiger partial charge is 0.260 e. The number of benzene rings is 3.